The topological polar surface area (TPSA) is 52.6 Å². The molecule has 0 aliphatic rings. The second-order valence-corrected chi connectivity index (χ2v) is 3.92. The highest BCUT2D eigenvalue weighted by Gasteiger charge is 2.11. The lowest BCUT2D eigenvalue weighted by molar-refractivity contribution is -0.117. The molecule has 0 bridgehead atoms. The molecular formula is C13H16F2N2O2. The smallest absolute Gasteiger partial charge is 0.238 e. The third kappa shape index (κ3) is 5.15. The molecule has 0 aliphatic heterocycles. The Balaban J connectivity index is 2.63. The van der Waals surface area contributed by atoms with Crippen molar-refractivity contribution in [2.45, 2.75) is 0 Å². The quantitative estimate of drug-likeness (QED) is 0.736. The van der Waals surface area contributed by atoms with Crippen LogP contribution >= 0.6 is 0 Å². The van der Waals surface area contributed by atoms with E-state index < -0.39 is 17.5 Å². The van der Waals surface area contributed by atoms with Gasteiger partial charge in [-0.05, 0) is 12.1 Å². The van der Waals surface area contributed by atoms with E-state index in [0.29, 0.717) is 13.1 Å². The number of carbonyl (C=O) groups excluding carboxylic acids is 1. The number of carbonyl (C=O) groups is 1. The minimum absolute atomic E-state index is 0.0392. The monoisotopic (exact) mass is 270 g/mol. The van der Waals surface area contributed by atoms with Gasteiger partial charge in [0.05, 0.1) is 18.8 Å². The van der Waals surface area contributed by atoms with Crippen LogP contribution in [0.4, 0.5) is 14.5 Å². The van der Waals surface area contributed by atoms with E-state index in [1.54, 1.807) is 11.0 Å². The fraction of sp³-hybridized carbons (Fsp3) is 0.308. The first-order chi connectivity index (χ1) is 9.06. The summed E-state index contributed by atoms with van der Waals surface area (Å²) in [5.41, 5.74) is -0.201. The lowest BCUT2D eigenvalue weighted by Gasteiger charge is -2.18. The number of rotatable bonds is 7. The van der Waals surface area contributed by atoms with Gasteiger partial charge in [0.2, 0.25) is 5.91 Å². The van der Waals surface area contributed by atoms with Crippen molar-refractivity contribution in [1.82, 2.24) is 4.90 Å². The van der Waals surface area contributed by atoms with E-state index in [-0.39, 0.29) is 18.8 Å². The first kappa shape index (κ1) is 15.3. The first-order valence-corrected chi connectivity index (χ1v) is 5.76. The highest BCUT2D eigenvalue weighted by molar-refractivity contribution is 5.92. The summed E-state index contributed by atoms with van der Waals surface area (Å²) < 4.78 is 26.2. The molecule has 2 N–H and O–H groups in total. The van der Waals surface area contributed by atoms with E-state index in [9.17, 15) is 13.6 Å². The summed E-state index contributed by atoms with van der Waals surface area (Å²) in [6, 6.07) is 2.83. The Kier molecular flexibility index (Phi) is 6.11. The average molecular weight is 270 g/mol. The lowest BCUT2D eigenvalue weighted by atomic mass is 10.3. The Morgan fingerprint density at radius 3 is 2.84 bits per heavy atom. The number of hydrogen-bond donors (Lipinski definition) is 2. The molecule has 6 heteroatoms. The van der Waals surface area contributed by atoms with Gasteiger partial charge in [-0.15, -0.1) is 6.58 Å². The molecule has 104 valence electrons. The van der Waals surface area contributed by atoms with Crippen LogP contribution in [-0.2, 0) is 4.79 Å². The molecule has 1 aromatic carbocycles. The third-order valence-corrected chi connectivity index (χ3v) is 2.37. The molecule has 0 atom stereocenters. The molecule has 0 saturated carbocycles. The molecule has 1 aromatic rings. The number of halogens is 2. The summed E-state index contributed by atoms with van der Waals surface area (Å²) in [6.07, 6.45) is 1.59. The highest BCUT2D eigenvalue weighted by atomic mass is 19.1. The molecule has 1 rings (SSSR count). The zero-order valence-electron chi connectivity index (χ0n) is 10.4. The van der Waals surface area contributed by atoms with Crippen molar-refractivity contribution in [2.24, 2.45) is 0 Å². The van der Waals surface area contributed by atoms with Gasteiger partial charge in [0.15, 0.2) is 0 Å². The zero-order chi connectivity index (χ0) is 14.3. The van der Waals surface area contributed by atoms with Gasteiger partial charge in [-0.3, -0.25) is 9.69 Å². The van der Waals surface area contributed by atoms with Gasteiger partial charge < -0.3 is 10.4 Å². The van der Waals surface area contributed by atoms with Crippen LogP contribution in [0.15, 0.2) is 30.9 Å². The van der Waals surface area contributed by atoms with Gasteiger partial charge in [-0.25, -0.2) is 8.78 Å². The summed E-state index contributed by atoms with van der Waals surface area (Å²) in [5, 5.41) is 11.1. The van der Waals surface area contributed by atoms with Crippen molar-refractivity contribution in [3.8, 4) is 0 Å². The fourth-order valence-corrected chi connectivity index (χ4v) is 1.55. The Bertz CT molecular complexity index is 452. The maximum atomic E-state index is 13.3. The number of nitrogens with one attached hydrogen (secondary N) is 1. The number of nitrogens with zero attached hydrogens (tertiary/aromatic N) is 1. The van der Waals surface area contributed by atoms with E-state index in [0.717, 1.165) is 18.2 Å². The largest absolute Gasteiger partial charge is 0.395 e. The molecule has 4 nitrogen and oxygen atoms in total. The van der Waals surface area contributed by atoms with Crippen molar-refractivity contribution < 1.29 is 18.7 Å². The summed E-state index contributed by atoms with van der Waals surface area (Å²) in [4.78, 5) is 13.3. The second kappa shape index (κ2) is 7.60. The zero-order valence-corrected chi connectivity index (χ0v) is 10.4. The number of aliphatic hydroxyl groups excluding tert-OH is 1. The summed E-state index contributed by atoms with van der Waals surface area (Å²) in [7, 11) is 0. The number of aliphatic hydroxyl groups is 1. The van der Waals surface area contributed by atoms with Crippen LogP contribution in [-0.4, -0.2) is 42.2 Å². The number of anilines is 1. The van der Waals surface area contributed by atoms with Crippen molar-refractivity contribution >= 4 is 11.6 Å². The Labute approximate surface area is 110 Å². The number of benzene rings is 1. The predicted octanol–water partition coefficient (Wildman–Crippen LogP) is 1.38. The van der Waals surface area contributed by atoms with Gasteiger partial charge >= 0.3 is 0 Å². The molecule has 0 aliphatic carbocycles. The van der Waals surface area contributed by atoms with E-state index in [1.165, 1.54) is 0 Å². The van der Waals surface area contributed by atoms with E-state index in [2.05, 4.69) is 11.9 Å². The van der Waals surface area contributed by atoms with Gasteiger partial charge in [-0.1, -0.05) is 6.08 Å². The molecule has 19 heavy (non-hydrogen) atoms. The first-order valence-electron chi connectivity index (χ1n) is 5.76. The van der Waals surface area contributed by atoms with Crippen molar-refractivity contribution in [2.75, 3.05) is 31.6 Å². The number of amides is 1. The maximum absolute atomic E-state index is 13.3. The Morgan fingerprint density at radius 1 is 1.47 bits per heavy atom. The molecule has 1 amide bonds. The average Bonchev–Trinajstić information content (AvgIpc) is 2.34. The van der Waals surface area contributed by atoms with Crippen LogP contribution in [0.2, 0.25) is 0 Å². The summed E-state index contributed by atoms with van der Waals surface area (Å²) in [5.74, 6) is -1.82. The molecule has 0 heterocycles. The van der Waals surface area contributed by atoms with E-state index in [1.807, 2.05) is 0 Å². The third-order valence-electron chi connectivity index (χ3n) is 2.37. The molecular weight excluding hydrogens is 254 g/mol. The van der Waals surface area contributed by atoms with Crippen LogP contribution in [0.1, 0.15) is 0 Å². The molecule has 0 unspecified atom stereocenters. The van der Waals surface area contributed by atoms with Crippen LogP contribution in [0.5, 0.6) is 0 Å². The van der Waals surface area contributed by atoms with Crippen LogP contribution in [0.25, 0.3) is 0 Å². The number of hydrogen-bond acceptors (Lipinski definition) is 3. The fourth-order valence-electron chi connectivity index (χ4n) is 1.55. The van der Waals surface area contributed by atoms with Gasteiger partial charge in [0.1, 0.15) is 11.6 Å². The van der Waals surface area contributed by atoms with Crippen molar-refractivity contribution in [1.29, 1.82) is 0 Å². The molecule has 0 aromatic heterocycles. The van der Waals surface area contributed by atoms with Gasteiger partial charge in [0.25, 0.3) is 0 Å². The van der Waals surface area contributed by atoms with E-state index >= 15 is 0 Å². The van der Waals surface area contributed by atoms with Crippen LogP contribution < -0.4 is 5.32 Å². The molecule has 0 spiro atoms. The van der Waals surface area contributed by atoms with Crippen LogP contribution in [0.3, 0.4) is 0 Å². The summed E-state index contributed by atoms with van der Waals surface area (Å²) in [6.45, 7) is 4.11. The van der Waals surface area contributed by atoms with Gasteiger partial charge in [0, 0.05) is 19.2 Å². The minimum atomic E-state index is -0.702. The maximum Gasteiger partial charge on any atom is 0.238 e. The lowest BCUT2D eigenvalue weighted by Crippen LogP contribution is -2.35. The highest BCUT2D eigenvalue weighted by Crippen LogP contribution is 2.15. The molecule has 0 radical (unpaired) electrons. The standard InChI is InChI=1S/C13H16F2N2O2/c1-2-5-17(6-7-18)9-13(19)16-12-8-10(14)3-4-11(12)15/h2-4,8,18H,1,5-7,9H2,(H,16,19). The Hall–Kier alpha value is -1.79. The predicted molar refractivity (Wildman–Crippen MR) is 68.7 cm³/mol. The van der Waals surface area contributed by atoms with Crippen molar-refractivity contribution in [3.63, 3.8) is 0 Å². The van der Waals surface area contributed by atoms with Gasteiger partial charge in [-0.2, -0.15) is 0 Å². The normalized spacial score (nSPS) is 10.5. The van der Waals surface area contributed by atoms with E-state index in [4.69, 9.17) is 5.11 Å². The molecule has 0 saturated heterocycles. The van der Waals surface area contributed by atoms with Crippen molar-refractivity contribution in [3.05, 3.63) is 42.5 Å². The molecule has 0 fully saturated rings. The SMILES string of the molecule is C=CCN(CCO)CC(=O)Nc1cc(F)ccc1F. The van der Waals surface area contributed by atoms with Crippen LogP contribution in [0, 0.1) is 11.6 Å². The summed E-state index contributed by atoms with van der Waals surface area (Å²) >= 11 is 0. The Morgan fingerprint density at radius 2 is 2.21 bits per heavy atom. The second-order valence-electron chi connectivity index (χ2n) is 3.92. The minimum Gasteiger partial charge on any atom is -0.395 e.